The van der Waals surface area contributed by atoms with E-state index >= 15 is 0 Å². The van der Waals surface area contributed by atoms with E-state index in [4.69, 9.17) is 5.73 Å². The zero-order valence-corrected chi connectivity index (χ0v) is 19.3. The minimum absolute atomic E-state index is 0.00594. The monoisotopic (exact) mass is 444 g/mol. The van der Waals surface area contributed by atoms with Crippen LogP contribution in [0.4, 0.5) is 0 Å². The van der Waals surface area contributed by atoms with Gasteiger partial charge < -0.3 is 15.2 Å². The van der Waals surface area contributed by atoms with Gasteiger partial charge in [0.25, 0.3) is 0 Å². The molecule has 0 saturated carbocycles. The molecule has 0 spiro atoms. The van der Waals surface area contributed by atoms with Crippen molar-refractivity contribution in [2.75, 3.05) is 32.9 Å². The minimum Gasteiger partial charge on any atom is -0.369 e. The summed E-state index contributed by atoms with van der Waals surface area (Å²) in [7, 11) is 4.08. The van der Waals surface area contributed by atoms with Crippen molar-refractivity contribution < 1.29 is 9.59 Å². The second-order valence-corrected chi connectivity index (χ2v) is 9.11. The molecule has 0 aliphatic carbocycles. The van der Waals surface area contributed by atoms with E-state index in [2.05, 4.69) is 38.7 Å². The molecule has 1 saturated heterocycles. The molecule has 1 aliphatic heterocycles. The predicted molar refractivity (Wildman–Crippen MR) is 122 cm³/mol. The van der Waals surface area contributed by atoms with Crippen molar-refractivity contribution in [3.63, 3.8) is 0 Å². The van der Waals surface area contributed by atoms with Crippen LogP contribution < -0.4 is 5.73 Å². The number of likely N-dealkylation sites (tertiary alicyclic amines) is 1. The Bertz CT molecular complexity index is 885. The third-order valence-corrected chi connectivity index (χ3v) is 6.69. The summed E-state index contributed by atoms with van der Waals surface area (Å²) in [5.74, 6) is 0.592. The van der Waals surface area contributed by atoms with Gasteiger partial charge in [0.2, 0.25) is 11.8 Å². The number of hydrogen-bond donors (Lipinski definition) is 1. The molecular formula is C22H32N6O2S. The SMILES string of the molecule is CC[C@H](c1nnc(SCC(=O)N2CCC[C@H](C(N)=O)C2)n1Cc1ccccc1)N(C)C. The number of carbonyl (C=O) groups is 2. The van der Waals surface area contributed by atoms with Crippen LogP contribution >= 0.6 is 11.8 Å². The first-order valence-corrected chi connectivity index (χ1v) is 11.7. The molecule has 2 N–H and O–H groups in total. The molecule has 0 radical (unpaired) electrons. The number of piperidine rings is 1. The van der Waals surface area contributed by atoms with Crippen LogP contribution in [0.2, 0.25) is 0 Å². The molecular weight excluding hydrogens is 412 g/mol. The minimum atomic E-state index is -0.327. The number of nitrogens with zero attached hydrogens (tertiary/aromatic N) is 5. The Kier molecular flexibility index (Phi) is 8.09. The topological polar surface area (TPSA) is 97.4 Å². The third-order valence-electron chi connectivity index (χ3n) is 5.74. The van der Waals surface area contributed by atoms with Crippen molar-refractivity contribution in [1.82, 2.24) is 24.6 Å². The molecule has 1 aromatic carbocycles. The number of amides is 2. The number of thioether (sulfide) groups is 1. The van der Waals surface area contributed by atoms with Gasteiger partial charge in [0.1, 0.15) is 0 Å². The smallest absolute Gasteiger partial charge is 0.233 e. The molecule has 2 heterocycles. The van der Waals surface area contributed by atoms with E-state index in [1.807, 2.05) is 32.3 Å². The molecule has 2 amide bonds. The summed E-state index contributed by atoms with van der Waals surface area (Å²) in [5, 5.41) is 9.66. The van der Waals surface area contributed by atoms with Gasteiger partial charge >= 0.3 is 0 Å². The third kappa shape index (κ3) is 5.86. The van der Waals surface area contributed by atoms with E-state index in [1.54, 1.807) is 4.90 Å². The quantitative estimate of drug-likeness (QED) is 0.595. The Morgan fingerprint density at radius 1 is 1.26 bits per heavy atom. The molecule has 2 aromatic rings. The van der Waals surface area contributed by atoms with Gasteiger partial charge in [-0.05, 0) is 38.9 Å². The van der Waals surface area contributed by atoms with Crippen LogP contribution in [0.15, 0.2) is 35.5 Å². The normalized spacial score (nSPS) is 17.7. The summed E-state index contributed by atoms with van der Waals surface area (Å²) in [6.07, 6.45) is 2.47. The Morgan fingerprint density at radius 3 is 2.65 bits per heavy atom. The largest absolute Gasteiger partial charge is 0.369 e. The molecule has 3 rings (SSSR count). The van der Waals surface area contributed by atoms with Crippen molar-refractivity contribution in [1.29, 1.82) is 0 Å². The number of benzene rings is 1. The lowest BCUT2D eigenvalue weighted by atomic mass is 9.97. The summed E-state index contributed by atoms with van der Waals surface area (Å²) in [6.45, 7) is 3.87. The molecule has 0 bridgehead atoms. The molecule has 9 heteroatoms. The van der Waals surface area contributed by atoms with E-state index in [-0.39, 0.29) is 29.5 Å². The zero-order chi connectivity index (χ0) is 22.4. The average molecular weight is 445 g/mol. The van der Waals surface area contributed by atoms with E-state index in [9.17, 15) is 9.59 Å². The van der Waals surface area contributed by atoms with Crippen LogP contribution in [0.1, 0.15) is 43.6 Å². The van der Waals surface area contributed by atoms with Crippen molar-refractivity contribution in [2.45, 2.75) is 43.9 Å². The average Bonchev–Trinajstić information content (AvgIpc) is 3.15. The number of hydrogen-bond acceptors (Lipinski definition) is 6. The molecule has 8 nitrogen and oxygen atoms in total. The molecule has 1 fully saturated rings. The van der Waals surface area contributed by atoms with E-state index in [1.165, 1.54) is 11.8 Å². The van der Waals surface area contributed by atoms with E-state index in [0.29, 0.717) is 19.6 Å². The number of rotatable bonds is 9. The van der Waals surface area contributed by atoms with Gasteiger partial charge in [0, 0.05) is 13.1 Å². The highest BCUT2D eigenvalue weighted by molar-refractivity contribution is 7.99. The van der Waals surface area contributed by atoms with Crippen LogP contribution in [0.3, 0.4) is 0 Å². The summed E-state index contributed by atoms with van der Waals surface area (Å²) in [4.78, 5) is 28.2. The number of primary amides is 1. The Morgan fingerprint density at radius 2 is 2.00 bits per heavy atom. The first kappa shape index (κ1) is 23.3. The maximum absolute atomic E-state index is 12.8. The van der Waals surface area contributed by atoms with Crippen molar-refractivity contribution in [2.24, 2.45) is 11.7 Å². The van der Waals surface area contributed by atoms with E-state index in [0.717, 1.165) is 35.8 Å². The standard InChI is InChI=1S/C22H32N6O2S/c1-4-18(26(2)3)21-24-25-22(28(21)13-16-9-6-5-7-10-16)31-15-19(29)27-12-8-11-17(14-27)20(23)30/h5-7,9-10,17-18H,4,8,11-15H2,1-3H3,(H2,23,30)/t17-,18+/m0/s1. The fraction of sp³-hybridized carbons (Fsp3) is 0.545. The highest BCUT2D eigenvalue weighted by atomic mass is 32.2. The van der Waals surface area contributed by atoms with Crippen molar-refractivity contribution in [3.8, 4) is 0 Å². The van der Waals surface area contributed by atoms with Crippen LogP contribution in [-0.4, -0.2) is 69.3 Å². The lowest BCUT2D eigenvalue weighted by Gasteiger charge is -2.31. The van der Waals surface area contributed by atoms with Crippen molar-refractivity contribution >= 4 is 23.6 Å². The van der Waals surface area contributed by atoms with Crippen LogP contribution in [-0.2, 0) is 16.1 Å². The summed E-state index contributed by atoms with van der Waals surface area (Å²) < 4.78 is 2.11. The molecule has 2 atom stereocenters. The summed E-state index contributed by atoms with van der Waals surface area (Å²) in [5.41, 5.74) is 6.61. The maximum atomic E-state index is 12.8. The first-order chi connectivity index (χ1) is 14.9. The number of aromatic nitrogens is 3. The lowest BCUT2D eigenvalue weighted by Crippen LogP contribution is -2.44. The molecule has 168 valence electrons. The Balaban J connectivity index is 1.76. The zero-order valence-electron chi connectivity index (χ0n) is 18.5. The lowest BCUT2D eigenvalue weighted by molar-refractivity contribution is -0.132. The van der Waals surface area contributed by atoms with Gasteiger partial charge in [-0.3, -0.25) is 14.5 Å². The van der Waals surface area contributed by atoms with Crippen LogP contribution in [0.5, 0.6) is 0 Å². The van der Waals surface area contributed by atoms with Gasteiger partial charge in [0.15, 0.2) is 11.0 Å². The molecule has 1 aliphatic rings. The van der Waals surface area contributed by atoms with Gasteiger partial charge in [-0.15, -0.1) is 10.2 Å². The summed E-state index contributed by atoms with van der Waals surface area (Å²) in [6, 6.07) is 10.3. The first-order valence-electron chi connectivity index (χ1n) is 10.7. The van der Waals surface area contributed by atoms with Gasteiger partial charge in [0.05, 0.1) is 24.3 Å². The fourth-order valence-corrected chi connectivity index (χ4v) is 4.85. The highest BCUT2D eigenvalue weighted by Crippen LogP contribution is 2.27. The maximum Gasteiger partial charge on any atom is 0.233 e. The van der Waals surface area contributed by atoms with Gasteiger partial charge in [-0.1, -0.05) is 49.0 Å². The highest BCUT2D eigenvalue weighted by Gasteiger charge is 2.28. The van der Waals surface area contributed by atoms with Gasteiger partial charge in [-0.25, -0.2) is 0 Å². The molecule has 0 unspecified atom stereocenters. The Labute approximate surface area is 188 Å². The van der Waals surface area contributed by atoms with Gasteiger partial charge in [-0.2, -0.15) is 0 Å². The predicted octanol–water partition coefficient (Wildman–Crippen LogP) is 2.16. The fourth-order valence-electron chi connectivity index (χ4n) is 4.00. The molecule has 31 heavy (non-hydrogen) atoms. The second-order valence-electron chi connectivity index (χ2n) is 8.17. The number of carbonyl (C=O) groups excluding carboxylic acids is 2. The van der Waals surface area contributed by atoms with Crippen molar-refractivity contribution in [3.05, 3.63) is 41.7 Å². The number of nitrogens with two attached hydrogens (primary N) is 1. The summed E-state index contributed by atoms with van der Waals surface area (Å²) >= 11 is 1.40. The van der Waals surface area contributed by atoms with E-state index < -0.39 is 0 Å². The van der Waals surface area contributed by atoms with Crippen LogP contribution in [0, 0.1) is 5.92 Å². The second kappa shape index (κ2) is 10.8. The Hall–Kier alpha value is -2.39. The molecule has 1 aromatic heterocycles. The van der Waals surface area contributed by atoms with Crippen LogP contribution in [0.25, 0.3) is 0 Å².